The summed E-state index contributed by atoms with van der Waals surface area (Å²) in [5.74, 6) is 1.05. The Kier molecular flexibility index (Phi) is 6.28. The average molecular weight is 176 g/mol. The van der Waals surface area contributed by atoms with Gasteiger partial charge in [-0.1, -0.05) is 6.92 Å². The van der Waals surface area contributed by atoms with Crippen LogP contribution in [0, 0.1) is 0 Å². The number of hydrogen-bond donors (Lipinski definition) is 0. The predicted molar refractivity (Wildman–Crippen MR) is 44.3 cm³/mol. The summed E-state index contributed by atoms with van der Waals surface area (Å²) in [4.78, 5) is 0. The maximum Gasteiger partial charge on any atom is 0.320 e. The third kappa shape index (κ3) is 3.48. The molecular formula is C8H16O4. The molecule has 0 aliphatic carbocycles. The van der Waals surface area contributed by atoms with Crippen molar-refractivity contribution in [3.63, 3.8) is 0 Å². The van der Waals surface area contributed by atoms with Gasteiger partial charge in [0.05, 0.1) is 14.2 Å². The van der Waals surface area contributed by atoms with Crippen molar-refractivity contribution in [2.45, 2.75) is 13.3 Å². The van der Waals surface area contributed by atoms with Gasteiger partial charge in [-0.05, 0) is 0 Å². The zero-order valence-corrected chi connectivity index (χ0v) is 8.05. The molecule has 0 aromatic rings. The van der Waals surface area contributed by atoms with Gasteiger partial charge in [-0.3, -0.25) is 0 Å². The molecule has 0 rings (SSSR count). The van der Waals surface area contributed by atoms with E-state index in [0.717, 1.165) is 6.42 Å². The van der Waals surface area contributed by atoms with Crippen molar-refractivity contribution in [2.75, 3.05) is 28.1 Å². The van der Waals surface area contributed by atoms with Crippen LogP contribution >= 0.6 is 0 Å². The van der Waals surface area contributed by atoms with Gasteiger partial charge in [0.2, 0.25) is 0 Å². The highest BCUT2D eigenvalue weighted by Crippen LogP contribution is 2.11. The molecule has 72 valence electrons. The number of allylic oxidation sites excluding steroid dienone is 1. The Balaban J connectivity index is 4.14. The van der Waals surface area contributed by atoms with Gasteiger partial charge in [0.1, 0.15) is 0 Å². The van der Waals surface area contributed by atoms with Gasteiger partial charge < -0.3 is 18.9 Å². The van der Waals surface area contributed by atoms with Crippen molar-refractivity contribution < 1.29 is 18.9 Å². The molecule has 0 amide bonds. The largest absolute Gasteiger partial charge is 0.494 e. The molecule has 4 heteroatoms. The van der Waals surface area contributed by atoms with Gasteiger partial charge in [-0.2, -0.15) is 0 Å². The van der Waals surface area contributed by atoms with Crippen LogP contribution in [-0.2, 0) is 18.9 Å². The van der Waals surface area contributed by atoms with Gasteiger partial charge in [-0.15, -0.1) is 0 Å². The van der Waals surface area contributed by atoms with Crippen LogP contribution in [0.15, 0.2) is 11.7 Å². The fraction of sp³-hybridized carbons (Fsp3) is 0.750. The van der Waals surface area contributed by atoms with Crippen molar-refractivity contribution in [1.82, 2.24) is 0 Å². The van der Waals surface area contributed by atoms with Gasteiger partial charge in [0, 0.05) is 13.5 Å². The third-order valence-corrected chi connectivity index (χ3v) is 1.29. The van der Waals surface area contributed by atoms with Crippen molar-refractivity contribution in [3.05, 3.63) is 11.7 Å². The second-order valence-electron chi connectivity index (χ2n) is 2.02. The summed E-state index contributed by atoms with van der Waals surface area (Å²) in [5.41, 5.74) is 0. The fourth-order valence-electron chi connectivity index (χ4n) is 0.738. The van der Waals surface area contributed by atoms with Crippen LogP contribution in [0.25, 0.3) is 0 Å². The molecule has 0 radical (unpaired) electrons. The highest BCUT2D eigenvalue weighted by molar-refractivity contribution is 4.93. The monoisotopic (exact) mass is 176 g/mol. The molecule has 12 heavy (non-hydrogen) atoms. The highest BCUT2D eigenvalue weighted by atomic mass is 16.7. The standard InChI is InChI=1S/C8H16O4/c1-5-7(10-3)8(11-4)12-6-9-2/h5-6H2,1-4H3. The Morgan fingerprint density at radius 1 is 1.08 bits per heavy atom. The minimum Gasteiger partial charge on any atom is -0.494 e. The molecule has 0 N–H and O–H groups in total. The predicted octanol–water partition coefficient (Wildman–Crippen LogP) is 1.48. The molecule has 0 unspecified atom stereocenters. The molecule has 0 bridgehead atoms. The topological polar surface area (TPSA) is 36.9 Å². The molecule has 0 spiro atoms. The summed E-state index contributed by atoms with van der Waals surface area (Å²) < 4.78 is 19.8. The molecule has 4 nitrogen and oxygen atoms in total. The molecule has 0 aliphatic heterocycles. The summed E-state index contributed by atoms with van der Waals surface area (Å²) in [6, 6.07) is 0. The van der Waals surface area contributed by atoms with E-state index in [1.54, 1.807) is 14.2 Å². The van der Waals surface area contributed by atoms with Crippen LogP contribution in [0.5, 0.6) is 0 Å². The van der Waals surface area contributed by atoms with E-state index in [1.165, 1.54) is 7.11 Å². The Bertz CT molecular complexity index is 136. The zero-order chi connectivity index (χ0) is 9.40. The van der Waals surface area contributed by atoms with Crippen LogP contribution in [0.3, 0.4) is 0 Å². The Morgan fingerprint density at radius 3 is 2.08 bits per heavy atom. The Hall–Kier alpha value is -0.900. The molecule has 0 atom stereocenters. The minimum absolute atomic E-state index is 0.163. The van der Waals surface area contributed by atoms with Crippen molar-refractivity contribution >= 4 is 0 Å². The second kappa shape index (κ2) is 6.79. The summed E-state index contributed by atoms with van der Waals surface area (Å²) in [6.07, 6.45) is 0.726. The average Bonchev–Trinajstić information content (AvgIpc) is 2.12. The quantitative estimate of drug-likeness (QED) is 0.453. The van der Waals surface area contributed by atoms with Gasteiger partial charge in [0.25, 0.3) is 0 Å². The van der Waals surface area contributed by atoms with E-state index < -0.39 is 0 Å². The molecule has 0 saturated carbocycles. The first-order valence-corrected chi connectivity index (χ1v) is 3.73. The molecule has 0 aliphatic rings. The lowest BCUT2D eigenvalue weighted by molar-refractivity contribution is -0.0567. The Labute approximate surface area is 73.1 Å². The number of methoxy groups -OCH3 is 3. The van der Waals surface area contributed by atoms with Crippen molar-refractivity contribution in [3.8, 4) is 0 Å². The van der Waals surface area contributed by atoms with Crippen LogP contribution in [-0.4, -0.2) is 28.1 Å². The summed E-state index contributed by atoms with van der Waals surface area (Å²) >= 11 is 0. The first kappa shape index (κ1) is 11.1. The summed E-state index contributed by atoms with van der Waals surface area (Å²) in [5, 5.41) is 0. The van der Waals surface area contributed by atoms with Crippen molar-refractivity contribution in [1.29, 1.82) is 0 Å². The molecule has 0 heterocycles. The Morgan fingerprint density at radius 2 is 1.75 bits per heavy atom. The number of ether oxygens (including phenoxy) is 4. The van der Waals surface area contributed by atoms with Crippen molar-refractivity contribution in [2.24, 2.45) is 0 Å². The third-order valence-electron chi connectivity index (χ3n) is 1.29. The smallest absolute Gasteiger partial charge is 0.320 e. The zero-order valence-electron chi connectivity index (χ0n) is 8.05. The van der Waals surface area contributed by atoms with E-state index in [0.29, 0.717) is 11.7 Å². The van der Waals surface area contributed by atoms with E-state index >= 15 is 0 Å². The van der Waals surface area contributed by atoms with E-state index in [9.17, 15) is 0 Å². The fourth-order valence-corrected chi connectivity index (χ4v) is 0.738. The lowest BCUT2D eigenvalue weighted by Crippen LogP contribution is -2.03. The second-order valence-corrected chi connectivity index (χ2v) is 2.02. The maximum absolute atomic E-state index is 5.09. The van der Waals surface area contributed by atoms with Crippen LogP contribution in [0.1, 0.15) is 13.3 Å². The van der Waals surface area contributed by atoms with Gasteiger partial charge in [-0.25, -0.2) is 0 Å². The normalized spacial score (nSPS) is 12.0. The summed E-state index contributed by atoms with van der Waals surface area (Å²) in [7, 11) is 4.65. The van der Waals surface area contributed by atoms with Crippen LogP contribution in [0.4, 0.5) is 0 Å². The first-order valence-electron chi connectivity index (χ1n) is 3.73. The van der Waals surface area contributed by atoms with Gasteiger partial charge >= 0.3 is 5.95 Å². The first-order chi connectivity index (χ1) is 5.79. The van der Waals surface area contributed by atoms with Crippen LogP contribution < -0.4 is 0 Å². The highest BCUT2D eigenvalue weighted by Gasteiger charge is 2.06. The maximum atomic E-state index is 5.09. The van der Waals surface area contributed by atoms with Crippen LogP contribution in [0.2, 0.25) is 0 Å². The lowest BCUT2D eigenvalue weighted by atomic mass is 10.4. The number of rotatable bonds is 6. The molecule has 0 fully saturated rings. The van der Waals surface area contributed by atoms with E-state index in [1.807, 2.05) is 6.92 Å². The van der Waals surface area contributed by atoms with E-state index in [2.05, 4.69) is 0 Å². The minimum atomic E-state index is 0.163. The van der Waals surface area contributed by atoms with Gasteiger partial charge in [0.15, 0.2) is 12.6 Å². The number of hydrogen-bond acceptors (Lipinski definition) is 4. The summed E-state index contributed by atoms with van der Waals surface area (Å²) in [6.45, 7) is 2.12. The molecule has 0 aromatic heterocycles. The SMILES string of the molecule is CCC(OC)=C(OC)OCOC. The van der Waals surface area contributed by atoms with E-state index in [4.69, 9.17) is 18.9 Å². The molecule has 0 saturated heterocycles. The molecule has 0 aromatic carbocycles. The van der Waals surface area contributed by atoms with E-state index in [-0.39, 0.29) is 6.79 Å². The molecular weight excluding hydrogens is 160 g/mol. The lowest BCUT2D eigenvalue weighted by Gasteiger charge is -2.11.